The van der Waals surface area contributed by atoms with E-state index in [4.69, 9.17) is 5.53 Å². The molecule has 0 spiro atoms. The number of hydrogen-bond donors (Lipinski definition) is 2. The third-order valence-corrected chi connectivity index (χ3v) is 2.93. The molecule has 7 heteroatoms. The molecule has 0 saturated carbocycles. The van der Waals surface area contributed by atoms with E-state index in [-0.39, 0.29) is 13.1 Å². The monoisotopic (exact) mass is 266 g/mol. The highest BCUT2D eigenvalue weighted by Crippen LogP contribution is 2.23. The summed E-state index contributed by atoms with van der Waals surface area (Å²) in [7, 11) is 0. The second-order valence-corrected chi connectivity index (χ2v) is 4.28. The van der Waals surface area contributed by atoms with Gasteiger partial charge in [0.15, 0.2) is 0 Å². The van der Waals surface area contributed by atoms with Crippen LogP contribution in [0, 0.1) is 12.7 Å². The maximum atomic E-state index is 13.5. The smallest absolute Gasteiger partial charge is 0.328 e. The first kappa shape index (κ1) is 14.9. The summed E-state index contributed by atoms with van der Waals surface area (Å²) in [6.07, 6.45) is 0. The fourth-order valence-corrected chi connectivity index (χ4v) is 1.61. The number of nitrogens with zero attached hydrogens (tertiary/aromatic N) is 3. The number of benzene rings is 1. The molecule has 0 heterocycles. The molecule has 1 aromatic carbocycles. The molecule has 0 bridgehead atoms. The van der Waals surface area contributed by atoms with Crippen LogP contribution in [0.3, 0.4) is 0 Å². The molecule has 0 aliphatic heterocycles. The predicted molar refractivity (Wildman–Crippen MR) is 68.1 cm³/mol. The third-order valence-electron chi connectivity index (χ3n) is 2.93. The molecule has 2 N–H and O–H groups in total. The number of aliphatic carboxylic acids is 1. The van der Waals surface area contributed by atoms with Crippen molar-refractivity contribution >= 4 is 5.97 Å². The Morgan fingerprint density at radius 3 is 2.84 bits per heavy atom. The third kappa shape index (κ3) is 3.43. The quantitative estimate of drug-likeness (QED) is 0.358. The van der Waals surface area contributed by atoms with Crippen LogP contribution in [0.4, 0.5) is 4.39 Å². The Hall–Kier alpha value is -2.11. The summed E-state index contributed by atoms with van der Waals surface area (Å²) in [5, 5.41) is 15.4. The minimum absolute atomic E-state index is 0.119. The fourth-order valence-electron chi connectivity index (χ4n) is 1.61. The molecule has 6 nitrogen and oxygen atoms in total. The number of azide groups is 1. The van der Waals surface area contributed by atoms with Crippen molar-refractivity contribution in [3.05, 3.63) is 45.6 Å². The van der Waals surface area contributed by atoms with E-state index in [0.29, 0.717) is 11.1 Å². The summed E-state index contributed by atoms with van der Waals surface area (Å²) in [6, 6.07) is 4.29. The van der Waals surface area contributed by atoms with Crippen LogP contribution in [-0.2, 0) is 10.3 Å². The maximum absolute atomic E-state index is 13.5. The van der Waals surface area contributed by atoms with E-state index >= 15 is 0 Å². The van der Waals surface area contributed by atoms with Gasteiger partial charge in [0.1, 0.15) is 11.4 Å². The van der Waals surface area contributed by atoms with Gasteiger partial charge in [0.25, 0.3) is 0 Å². The van der Waals surface area contributed by atoms with Crippen LogP contribution in [0.25, 0.3) is 10.4 Å². The molecule has 0 amide bonds. The second kappa shape index (κ2) is 6.17. The first-order valence-corrected chi connectivity index (χ1v) is 5.67. The highest BCUT2D eigenvalue weighted by Gasteiger charge is 2.34. The molecule has 1 unspecified atom stereocenters. The molecular weight excluding hydrogens is 251 g/mol. The van der Waals surface area contributed by atoms with E-state index in [9.17, 15) is 14.3 Å². The van der Waals surface area contributed by atoms with Crippen LogP contribution in [0.5, 0.6) is 0 Å². The fraction of sp³-hybridized carbons (Fsp3) is 0.417. The van der Waals surface area contributed by atoms with Gasteiger partial charge >= 0.3 is 5.97 Å². The number of carboxylic acids is 1. The Morgan fingerprint density at radius 1 is 1.63 bits per heavy atom. The summed E-state index contributed by atoms with van der Waals surface area (Å²) in [6.45, 7) is 3.35. The van der Waals surface area contributed by atoms with Gasteiger partial charge < -0.3 is 5.11 Å². The largest absolute Gasteiger partial charge is 0.480 e. The lowest BCUT2D eigenvalue weighted by Gasteiger charge is -2.27. The predicted octanol–water partition coefficient (Wildman–Crippen LogP) is 2.33. The highest BCUT2D eigenvalue weighted by atomic mass is 19.1. The molecule has 0 aromatic heterocycles. The Bertz CT molecular complexity index is 528. The molecule has 1 aromatic rings. The van der Waals surface area contributed by atoms with Gasteiger partial charge in [-0.3, -0.25) is 5.32 Å². The number of hydrogen-bond acceptors (Lipinski definition) is 3. The Morgan fingerprint density at radius 2 is 2.32 bits per heavy atom. The second-order valence-electron chi connectivity index (χ2n) is 4.28. The molecule has 102 valence electrons. The van der Waals surface area contributed by atoms with Crippen LogP contribution in [-0.4, -0.2) is 24.2 Å². The number of aryl methyl sites for hydroxylation is 1. The first-order valence-electron chi connectivity index (χ1n) is 5.67. The summed E-state index contributed by atoms with van der Waals surface area (Å²) in [4.78, 5) is 14.0. The summed E-state index contributed by atoms with van der Waals surface area (Å²) in [5.74, 6) is -1.58. The van der Waals surface area contributed by atoms with Crippen molar-refractivity contribution in [2.45, 2.75) is 19.4 Å². The maximum Gasteiger partial charge on any atom is 0.328 e. The molecular formula is C12H15FN4O2. The van der Waals surface area contributed by atoms with E-state index < -0.39 is 17.3 Å². The SMILES string of the molecule is Cc1ccc(C(C)(NCCN=[N+]=[N-])C(=O)O)cc1F. The summed E-state index contributed by atoms with van der Waals surface area (Å²) in [5.41, 5.74) is 7.48. The lowest BCUT2D eigenvalue weighted by atomic mass is 9.91. The molecule has 0 aliphatic carbocycles. The van der Waals surface area contributed by atoms with Gasteiger partial charge in [0, 0.05) is 18.0 Å². The molecule has 0 radical (unpaired) electrons. The standard InChI is InChI=1S/C12H15FN4O2/c1-8-3-4-9(7-10(8)13)12(2,11(18)19)15-5-6-16-17-14/h3-4,7,15H,5-6H2,1-2H3,(H,18,19). The molecule has 1 rings (SSSR count). The van der Waals surface area contributed by atoms with Crippen molar-refractivity contribution in [1.82, 2.24) is 5.32 Å². The topological polar surface area (TPSA) is 98.1 Å². The normalized spacial score (nSPS) is 13.4. The van der Waals surface area contributed by atoms with E-state index in [1.54, 1.807) is 13.0 Å². The van der Waals surface area contributed by atoms with Gasteiger partial charge in [0.05, 0.1) is 0 Å². The molecule has 0 fully saturated rings. The van der Waals surface area contributed by atoms with E-state index in [1.165, 1.54) is 19.1 Å². The zero-order valence-corrected chi connectivity index (χ0v) is 10.7. The minimum atomic E-state index is -1.43. The average molecular weight is 266 g/mol. The van der Waals surface area contributed by atoms with Gasteiger partial charge in [-0.05, 0) is 36.6 Å². The number of nitrogens with one attached hydrogen (secondary N) is 1. The van der Waals surface area contributed by atoms with Gasteiger partial charge in [-0.2, -0.15) is 0 Å². The number of carbonyl (C=O) groups is 1. The summed E-state index contributed by atoms with van der Waals surface area (Å²) >= 11 is 0. The van der Waals surface area contributed by atoms with Crippen molar-refractivity contribution in [2.24, 2.45) is 5.11 Å². The highest BCUT2D eigenvalue weighted by molar-refractivity contribution is 5.80. The Labute approximate surface area is 109 Å². The number of halogens is 1. The van der Waals surface area contributed by atoms with Crippen molar-refractivity contribution in [3.8, 4) is 0 Å². The van der Waals surface area contributed by atoms with Gasteiger partial charge in [-0.15, -0.1) is 0 Å². The van der Waals surface area contributed by atoms with Crippen LogP contribution in [0.15, 0.2) is 23.3 Å². The molecule has 1 atom stereocenters. The minimum Gasteiger partial charge on any atom is -0.480 e. The number of rotatable bonds is 6. The van der Waals surface area contributed by atoms with Crippen molar-refractivity contribution in [1.29, 1.82) is 0 Å². The van der Waals surface area contributed by atoms with E-state index in [2.05, 4.69) is 15.3 Å². The molecule has 0 saturated heterocycles. The first-order chi connectivity index (χ1) is 8.91. The molecule has 0 aliphatic rings. The zero-order valence-electron chi connectivity index (χ0n) is 10.7. The van der Waals surface area contributed by atoms with E-state index in [0.717, 1.165) is 0 Å². The van der Waals surface area contributed by atoms with Gasteiger partial charge in [-0.1, -0.05) is 17.2 Å². The van der Waals surface area contributed by atoms with Crippen LogP contribution in [0.1, 0.15) is 18.1 Å². The lowest BCUT2D eigenvalue weighted by molar-refractivity contribution is -0.144. The zero-order chi connectivity index (χ0) is 14.5. The van der Waals surface area contributed by atoms with Gasteiger partial charge in [0.2, 0.25) is 0 Å². The van der Waals surface area contributed by atoms with E-state index in [1.807, 2.05) is 0 Å². The van der Waals surface area contributed by atoms with Crippen molar-refractivity contribution < 1.29 is 14.3 Å². The van der Waals surface area contributed by atoms with Crippen LogP contribution in [0.2, 0.25) is 0 Å². The Kier molecular flexibility index (Phi) is 4.86. The van der Waals surface area contributed by atoms with Crippen molar-refractivity contribution in [3.63, 3.8) is 0 Å². The lowest BCUT2D eigenvalue weighted by Crippen LogP contribution is -2.47. The van der Waals surface area contributed by atoms with Gasteiger partial charge in [-0.25, -0.2) is 9.18 Å². The summed E-state index contributed by atoms with van der Waals surface area (Å²) < 4.78 is 13.5. The average Bonchev–Trinajstić information content (AvgIpc) is 2.37. The molecule has 19 heavy (non-hydrogen) atoms. The Balaban J connectivity index is 3.00. The van der Waals surface area contributed by atoms with Crippen molar-refractivity contribution in [2.75, 3.05) is 13.1 Å². The van der Waals surface area contributed by atoms with Crippen LogP contribution >= 0.6 is 0 Å². The number of carboxylic acid groups (broad SMARTS) is 1. The van der Waals surface area contributed by atoms with Crippen LogP contribution < -0.4 is 5.32 Å².